The van der Waals surface area contributed by atoms with E-state index in [0.717, 1.165) is 36.6 Å². The van der Waals surface area contributed by atoms with E-state index in [9.17, 15) is 9.90 Å². The highest BCUT2D eigenvalue weighted by Crippen LogP contribution is 2.29. The zero-order valence-electron chi connectivity index (χ0n) is 22.0. The number of anilines is 1. The first-order chi connectivity index (χ1) is 17.6. The van der Waals surface area contributed by atoms with Crippen LogP contribution in [-0.4, -0.2) is 72.0 Å². The van der Waals surface area contributed by atoms with Gasteiger partial charge in [0, 0.05) is 42.1 Å². The summed E-state index contributed by atoms with van der Waals surface area (Å²) in [5.41, 5.74) is 2.74. The number of hydrogen-bond acceptors (Lipinski definition) is 8. The molecule has 3 heterocycles. The molecule has 10 heteroatoms. The van der Waals surface area contributed by atoms with Crippen LogP contribution in [0.2, 0.25) is 0 Å². The van der Waals surface area contributed by atoms with Crippen molar-refractivity contribution in [2.45, 2.75) is 44.8 Å². The molecule has 1 amide bonds. The van der Waals surface area contributed by atoms with E-state index >= 15 is 0 Å². The molecule has 0 bridgehead atoms. The Hall–Kier alpha value is -3.05. The topological polar surface area (TPSA) is 122 Å². The van der Waals surface area contributed by atoms with E-state index in [1.807, 2.05) is 23.7 Å². The van der Waals surface area contributed by atoms with Crippen LogP contribution < -0.4 is 15.5 Å². The highest BCUT2D eigenvalue weighted by Gasteiger charge is 2.25. The number of carbonyl (C=O) groups excluding carboxylic acids is 1. The maximum Gasteiger partial charge on any atom is 0.275 e. The van der Waals surface area contributed by atoms with Gasteiger partial charge in [0.2, 0.25) is 0 Å². The minimum atomic E-state index is -0.743. The molecule has 0 atom stereocenters. The molecule has 0 spiro atoms. The average Bonchev–Trinajstić information content (AvgIpc) is 3.55. The van der Waals surface area contributed by atoms with E-state index in [4.69, 9.17) is 9.83 Å². The zero-order valence-corrected chi connectivity index (χ0v) is 22.8. The fourth-order valence-corrected chi connectivity index (χ4v) is 5.29. The highest BCUT2D eigenvalue weighted by molar-refractivity contribution is 7.13. The molecule has 5 N–H and O–H groups in total. The van der Waals surface area contributed by atoms with Crippen LogP contribution in [0.4, 0.5) is 5.13 Å². The van der Waals surface area contributed by atoms with E-state index in [1.165, 1.54) is 11.3 Å². The predicted octanol–water partition coefficient (Wildman–Crippen LogP) is 2.61. The van der Waals surface area contributed by atoms with Crippen molar-refractivity contribution in [3.05, 3.63) is 64.9 Å². The smallest absolute Gasteiger partial charge is 0.275 e. The number of nitrogens with zero attached hydrogens (tertiary/aromatic N) is 3. The lowest BCUT2D eigenvalue weighted by Crippen LogP contribution is -2.79. The van der Waals surface area contributed by atoms with Gasteiger partial charge in [-0.05, 0) is 59.0 Å². The van der Waals surface area contributed by atoms with E-state index in [-0.39, 0.29) is 5.91 Å². The first-order valence-corrected chi connectivity index (χ1v) is 13.5. The molecular formula is C27H37N6O3S+. The molecule has 1 aliphatic carbocycles. The van der Waals surface area contributed by atoms with Gasteiger partial charge in [0.25, 0.3) is 5.91 Å². The molecule has 2 aliphatic rings. The summed E-state index contributed by atoms with van der Waals surface area (Å²) in [7, 11) is 4.24. The number of nitrogens with one attached hydrogen (secondary N) is 2. The summed E-state index contributed by atoms with van der Waals surface area (Å²) in [5.74, 6) is -0.287. The van der Waals surface area contributed by atoms with E-state index in [0.29, 0.717) is 47.3 Å². The van der Waals surface area contributed by atoms with Crippen molar-refractivity contribution in [2.75, 3.05) is 38.6 Å². The standard InChI is InChI=1S/C27H36N6O3S/c1-27(2,35)8-9-29-15-19-13-23(21(14-22(19)28)18-7-12-36-16-18)30-25(34)24-17-37-26(31-24)33-10-5-20(6-11-33)32(3)4/h7,12-17,20,28-29,35H,5-6,8-11H2,1-4H3,(H,30,34)/p+1/b19-15-,28-22?. The third-order valence-electron chi connectivity index (χ3n) is 6.68. The normalized spacial score (nSPS) is 18.4. The maximum absolute atomic E-state index is 13.2. The Labute approximate surface area is 222 Å². The number of carbonyl (C=O) groups is 1. The molecular weight excluding hydrogens is 488 g/mol. The van der Waals surface area contributed by atoms with Crippen LogP contribution in [0.15, 0.2) is 58.0 Å². The largest absolute Gasteiger partial charge is 0.472 e. The Morgan fingerprint density at radius 2 is 2.14 bits per heavy atom. The minimum absolute atomic E-state index is 0.287. The number of furan rings is 1. The van der Waals surface area contributed by atoms with Gasteiger partial charge in [-0.1, -0.05) is 0 Å². The third kappa shape index (κ3) is 7.04. The summed E-state index contributed by atoms with van der Waals surface area (Å²) in [4.78, 5) is 22.4. The van der Waals surface area contributed by atoms with Gasteiger partial charge < -0.3 is 35.4 Å². The molecule has 1 aliphatic heterocycles. The second kappa shape index (κ2) is 11.6. The first kappa shape index (κ1) is 27.0. The summed E-state index contributed by atoms with van der Waals surface area (Å²) in [6.07, 6.45) is 11.3. The molecule has 2 aromatic rings. The molecule has 0 radical (unpaired) electrons. The van der Waals surface area contributed by atoms with Crippen molar-refractivity contribution in [1.82, 2.24) is 15.2 Å². The molecule has 0 aromatic carbocycles. The number of rotatable bonds is 9. The van der Waals surface area contributed by atoms with Crippen LogP contribution in [0.1, 0.15) is 49.2 Å². The number of nitrogens with two attached hydrogens (primary N) is 1. The molecule has 198 valence electrons. The highest BCUT2D eigenvalue weighted by atomic mass is 32.1. The quantitative estimate of drug-likeness (QED) is 0.374. The lowest BCUT2D eigenvalue weighted by atomic mass is 9.94. The Bertz CT molecular complexity index is 1200. The van der Waals surface area contributed by atoms with Gasteiger partial charge >= 0.3 is 0 Å². The van der Waals surface area contributed by atoms with Gasteiger partial charge in [0.1, 0.15) is 11.9 Å². The zero-order chi connectivity index (χ0) is 26.6. The van der Waals surface area contributed by atoms with Gasteiger partial charge in [-0.3, -0.25) is 4.79 Å². The molecule has 4 rings (SSSR count). The molecule has 0 saturated carbocycles. The second-order valence-corrected chi connectivity index (χ2v) is 11.2. The lowest BCUT2D eigenvalue weighted by molar-refractivity contribution is -0.590. The Kier molecular flexibility index (Phi) is 8.43. The lowest BCUT2D eigenvalue weighted by Gasteiger charge is -2.35. The fourth-order valence-electron chi connectivity index (χ4n) is 4.43. The van der Waals surface area contributed by atoms with Crippen molar-refractivity contribution < 1.29 is 19.6 Å². The van der Waals surface area contributed by atoms with Gasteiger partial charge in [-0.15, -0.1) is 11.3 Å². The van der Waals surface area contributed by atoms with E-state index < -0.39 is 5.60 Å². The van der Waals surface area contributed by atoms with Crippen LogP contribution >= 0.6 is 11.3 Å². The van der Waals surface area contributed by atoms with Crippen LogP contribution in [0.3, 0.4) is 0 Å². The molecule has 9 nitrogen and oxygen atoms in total. The predicted molar refractivity (Wildman–Crippen MR) is 147 cm³/mol. The van der Waals surface area contributed by atoms with Gasteiger partial charge in [0.15, 0.2) is 5.13 Å². The van der Waals surface area contributed by atoms with Gasteiger partial charge in [-0.25, -0.2) is 4.98 Å². The van der Waals surface area contributed by atoms with Crippen LogP contribution in [0.5, 0.6) is 0 Å². The fraction of sp³-hybridized carbons (Fsp3) is 0.444. The summed E-state index contributed by atoms with van der Waals surface area (Å²) in [5, 5.41) is 26.1. The molecule has 1 saturated heterocycles. The monoisotopic (exact) mass is 525 g/mol. The Morgan fingerprint density at radius 3 is 2.78 bits per heavy atom. The Morgan fingerprint density at radius 1 is 1.38 bits per heavy atom. The van der Waals surface area contributed by atoms with Gasteiger partial charge in [-0.2, -0.15) is 0 Å². The maximum atomic E-state index is 13.2. The molecule has 0 unspecified atom stereocenters. The molecule has 1 fully saturated rings. The third-order valence-corrected chi connectivity index (χ3v) is 7.58. The Balaban J connectivity index is 1.48. The number of quaternary nitrogens is 1. The van der Waals surface area contributed by atoms with Crippen LogP contribution in [-0.2, 0) is 0 Å². The van der Waals surface area contributed by atoms with Gasteiger partial charge in [0.05, 0.1) is 41.7 Å². The molecule has 37 heavy (non-hydrogen) atoms. The van der Waals surface area contributed by atoms with Crippen LogP contribution in [0.25, 0.3) is 5.57 Å². The number of aliphatic hydroxyl groups is 1. The van der Waals surface area contributed by atoms with Crippen molar-refractivity contribution in [3.8, 4) is 0 Å². The number of hydrogen-bond donors (Lipinski definition) is 4. The number of aromatic nitrogens is 1. The SMILES string of the molecule is CN(C)C1CCN(c2nc(C(=O)NC3=C/C(=C/[NH2+]CCC(C)(C)O)C(=N)C=C3c3ccoc3)cs2)CC1. The number of thiazole rings is 1. The number of amides is 1. The van der Waals surface area contributed by atoms with Crippen molar-refractivity contribution >= 4 is 33.7 Å². The molecule has 2 aromatic heterocycles. The summed E-state index contributed by atoms with van der Waals surface area (Å²) >= 11 is 1.49. The minimum Gasteiger partial charge on any atom is -0.472 e. The van der Waals surface area contributed by atoms with Crippen molar-refractivity contribution in [3.63, 3.8) is 0 Å². The number of allylic oxidation sites excluding steroid dienone is 4. The van der Waals surface area contributed by atoms with Crippen molar-refractivity contribution in [1.29, 1.82) is 5.41 Å². The summed E-state index contributed by atoms with van der Waals surface area (Å²) in [6.45, 7) is 6.09. The van der Waals surface area contributed by atoms with Crippen molar-refractivity contribution in [2.24, 2.45) is 0 Å². The summed E-state index contributed by atoms with van der Waals surface area (Å²) < 4.78 is 5.26. The summed E-state index contributed by atoms with van der Waals surface area (Å²) in [6, 6.07) is 2.39. The van der Waals surface area contributed by atoms with Crippen LogP contribution in [0, 0.1) is 5.41 Å². The first-order valence-electron chi connectivity index (χ1n) is 12.6. The second-order valence-electron chi connectivity index (χ2n) is 10.4. The average molecular weight is 526 g/mol. The van der Waals surface area contributed by atoms with E-state index in [1.54, 1.807) is 37.8 Å². The van der Waals surface area contributed by atoms with E-state index in [2.05, 4.69) is 34.2 Å². The number of piperidine rings is 1.